The van der Waals surface area contributed by atoms with Gasteiger partial charge in [-0.2, -0.15) is 0 Å². The number of carbonyl (C=O) groups is 1. The van der Waals surface area contributed by atoms with Gasteiger partial charge in [-0.05, 0) is 17.9 Å². The topological polar surface area (TPSA) is 49.3 Å². The molecule has 2 atom stereocenters. The monoisotopic (exact) mass is 227 g/mol. The van der Waals surface area contributed by atoms with E-state index in [1.165, 1.54) is 5.56 Å². The third kappa shape index (κ3) is 2.70. The predicted molar refractivity (Wildman–Crippen MR) is 60.5 cm³/mol. The lowest BCUT2D eigenvalue weighted by Gasteiger charge is -2.07. The zero-order chi connectivity index (χ0) is 9.97. The van der Waals surface area contributed by atoms with Crippen LogP contribution in [0.2, 0.25) is 0 Å². The van der Waals surface area contributed by atoms with Crippen molar-refractivity contribution in [3.63, 3.8) is 0 Å². The Labute approximate surface area is 94.9 Å². The Morgan fingerprint density at radius 1 is 1.33 bits per heavy atom. The molecule has 1 unspecified atom stereocenters. The lowest BCUT2D eigenvalue weighted by atomic mass is 9.96. The van der Waals surface area contributed by atoms with Gasteiger partial charge in [0.05, 0.1) is 0 Å². The number of carboxylic acid groups (broad SMARTS) is 1. The molecular weight excluding hydrogens is 214 g/mol. The van der Waals surface area contributed by atoms with E-state index in [9.17, 15) is 4.79 Å². The SMILES string of the molecule is Cl.O=C(O)[C@@H]1CC(c2ccccc2)CN1. The van der Waals surface area contributed by atoms with Gasteiger partial charge in [-0.25, -0.2) is 0 Å². The molecule has 0 radical (unpaired) electrons. The Morgan fingerprint density at radius 3 is 2.53 bits per heavy atom. The van der Waals surface area contributed by atoms with Crippen LogP contribution >= 0.6 is 12.4 Å². The number of rotatable bonds is 2. The molecule has 0 aromatic heterocycles. The van der Waals surface area contributed by atoms with E-state index in [0.717, 1.165) is 6.54 Å². The van der Waals surface area contributed by atoms with E-state index in [4.69, 9.17) is 5.11 Å². The standard InChI is InChI=1S/C11H13NO2.ClH/c13-11(14)10-6-9(7-12-10)8-4-2-1-3-5-8;/h1-5,9-10,12H,6-7H2,(H,13,14);1H/t9?,10-;/m0./s1. The summed E-state index contributed by atoms with van der Waals surface area (Å²) in [6.07, 6.45) is 0.694. The third-order valence-electron chi connectivity index (χ3n) is 2.70. The fourth-order valence-electron chi connectivity index (χ4n) is 1.90. The van der Waals surface area contributed by atoms with Crippen LogP contribution in [0.3, 0.4) is 0 Å². The van der Waals surface area contributed by atoms with Crippen molar-refractivity contribution >= 4 is 18.4 Å². The summed E-state index contributed by atoms with van der Waals surface area (Å²) in [5.41, 5.74) is 1.23. The number of hydrogen-bond acceptors (Lipinski definition) is 2. The number of aliphatic carboxylic acids is 1. The number of halogens is 1. The highest BCUT2D eigenvalue weighted by atomic mass is 35.5. The molecule has 0 spiro atoms. The summed E-state index contributed by atoms with van der Waals surface area (Å²) in [5.74, 6) is -0.402. The van der Waals surface area contributed by atoms with Crippen molar-refractivity contribution in [1.82, 2.24) is 5.32 Å². The summed E-state index contributed by atoms with van der Waals surface area (Å²) >= 11 is 0. The normalized spacial score (nSPS) is 24.5. The largest absolute Gasteiger partial charge is 0.480 e. The third-order valence-corrected chi connectivity index (χ3v) is 2.70. The van der Waals surface area contributed by atoms with Crippen LogP contribution < -0.4 is 5.32 Å². The van der Waals surface area contributed by atoms with Gasteiger partial charge in [-0.1, -0.05) is 30.3 Å². The maximum atomic E-state index is 10.7. The Balaban J connectivity index is 0.00000112. The van der Waals surface area contributed by atoms with E-state index in [1.54, 1.807) is 0 Å². The van der Waals surface area contributed by atoms with Crippen LogP contribution in [0.15, 0.2) is 30.3 Å². The molecule has 0 bridgehead atoms. The lowest BCUT2D eigenvalue weighted by Crippen LogP contribution is -2.29. The van der Waals surface area contributed by atoms with Gasteiger partial charge in [-0.15, -0.1) is 12.4 Å². The first-order valence-corrected chi connectivity index (χ1v) is 4.78. The molecule has 1 aliphatic heterocycles. The maximum absolute atomic E-state index is 10.7. The van der Waals surface area contributed by atoms with Gasteiger partial charge in [0.2, 0.25) is 0 Å². The van der Waals surface area contributed by atoms with E-state index >= 15 is 0 Å². The van der Waals surface area contributed by atoms with Crippen molar-refractivity contribution in [2.45, 2.75) is 18.4 Å². The highest BCUT2D eigenvalue weighted by molar-refractivity contribution is 5.85. The summed E-state index contributed by atoms with van der Waals surface area (Å²) < 4.78 is 0. The average molecular weight is 228 g/mol. The van der Waals surface area contributed by atoms with Crippen molar-refractivity contribution in [2.24, 2.45) is 0 Å². The molecule has 0 aliphatic carbocycles. The Morgan fingerprint density at radius 2 is 2.00 bits per heavy atom. The molecule has 1 aromatic carbocycles. The fourth-order valence-corrected chi connectivity index (χ4v) is 1.90. The number of benzene rings is 1. The zero-order valence-corrected chi connectivity index (χ0v) is 9.04. The Bertz CT molecular complexity index is 329. The molecule has 3 nitrogen and oxygen atoms in total. The lowest BCUT2D eigenvalue weighted by molar-refractivity contribution is -0.139. The van der Waals surface area contributed by atoms with E-state index in [1.807, 2.05) is 18.2 Å². The molecular formula is C11H14ClNO2. The molecule has 15 heavy (non-hydrogen) atoms. The average Bonchev–Trinajstić information content (AvgIpc) is 2.68. The molecule has 1 saturated heterocycles. The van der Waals surface area contributed by atoms with Crippen LogP contribution in [0.1, 0.15) is 17.9 Å². The van der Waals surface area contributed by atoms with Gasteiger partial charge in [0.15, 0.2) is 0 Å². The molecule has 4 heteroatoms. The molecule has 0 amide bonds. The molecule has 1 fully saturated rings. The quantitative estimate of drug-likeness (QED) is 0.808. The van der Waals surface area contributed by atoms with Crippen molar-refractivity contribution in [2.75, 3.05) is 6.54 Å². The minimum Gasteiger partial charge on any atom is -0.480 e. The summed E-state index contributed by atoms with van der Waals surface area (Å²) in [6.45, 7) is 0.765. The summed E-state index contributed by atoms with van der Waals surface area (Å²) in [4.78, 5) is 10.7. The van der Waals surface area contributed by atoms with E-state index in [2.05, 4.69) is 17.4 Å². The second kappa shape index (κ2) is 5.14. The van der Waals surface area contributed by atoms with Gasteiger partial charge < -0.3 is 10.4 Å². The van der Waals surface area contributed by atoms with Gasteiger partial charge in [0.1, 0.15) is 6.04 Å². The van der Waals surface area contributed by atoms with Crippen molar-refractivity contribution < 1.29 is 9.90 Å². The molecule has 82 valence electrons. The molecule has 1 aromatic rings. The summed E-state index contributed by atoms with van der Waals surface area (Å²) in [5, 5.41) is 11.8. The minimum absolute atomic E-state index is 0. The van der Waals surface area contributed by atoms with Crippen LogP contribution in [0, 0.1) is 0 Å². The second-order valence-electron chi connectivity index (χ2n) is 3.64. The second-order valence-corrected chi connectivity index (χ2v) is 3.64. The maximum Gasteiger partial charge on any atom is 0.320 e. The van der Waals surface area contributed by atoms with Gasteiger partial charge in [-0.3, -0.25) is 4.79 Å². The van der Waals surface area contributed by atoms with Crippen molar-refractivity contribution in [1.29, 1.82) is 0 Å². The summed E-state index contributed by atoms with van der Waals surface area (Å²) in [7, 11) is 0. The van der Waals surface area contributed by atoms with Gasteiger partial charge in [0.25, 0.3) is 0 Å². The molecule has 1 heterocycles. The number of carboxylic acids is 1. The fraction of sp³-hybridized carbons (Fsp3) is 0.364. The van der Waals surface area contributed by atoms with Crippen LogP contribution in [0.4, 0.5) is 0 Å². The Hall–Kier alpha value is -1.06. The van der Waals surface area contributed by atoms with E-state index < -0.39 is 5.97 Å². The highest BCUT2D eigenvalue weighted by Gasteiger charge is 2.29. The van der Waals surface area contributed by atoms with Crippen molar-refractivity contribution in [3.8, 4) is 0 Å². The molecule has 2 rings (SSSR count). The first kappa shape index (κ1) is 12.0. The smallest absolute Gasteiger partial charge is 0.320 e. The first-order valence-electron chi connectivity index (χ1n) is 4.78. The van der Waals surface area contributed by atoms with Crippen LogP contribution in [0.25, 0.3) is 0 Å². The van der Waals surface area contributed by atoms with Gasteiger partial charge in [0, 0.05) is 6.54 Å². The molecule has 0 saturated carbocycles. The number of nitrogens with one attached hydrogen (secondary N) is 1. The summed E-state index contributed by atoms with van der Waals surface area (Å²) in [6, 6.07) is 9.68. The van der Waals surface area contributed by atoms with E-state index in [-0.39, 0.29) is 18.4 Å². The van der Waals surface area contributed by atoms with Crippen molar-refractivity contribution in [3.05, 3.63) is 35.9 Å². The van der Waals surface area contributed by atoms with E-state index in [0.29, 0.717) is 12.3 Å². The van der Waals surface area contributed by atoms with Crippen LogP contribution in [-0.2, 0) is 4.79 Å². The minimum atomic E-state index is -0.747. The number of hydrogen-bond donors (Lipinski definition) is 2. The predicted octanol–water partition coefficient (Wildman–Crippen LogP) is 1.64. The first-order chi connectivity index (χ1) is 6.77. The molecule has 2 N–H and O–H groups in total. The van der Waals surface area contributed by atoms with Crippen LogP contribution in [-0.4, -0.2) is 23.7 Å². The van der Waals surface area contributed by atoms with Gasteiger partial charge >= 0.3 is 5.97 Å². The zero-order valence-electron chi connectivity index (χ0n) is 8.22. The molecule has 1 aliphatic rings. The van der Waals surface area contributed by atoms with Crippen LogP contribution in [0.5, 0.6) is 0 Å². The highest BCUT2D eigenvalue weighted by Crippen LogP contribution is 2.25. The Kier molecular flexibility index (Phi) is 4.12.